The van der Waals surface area contributed by atoms with Crippen LogP contribution in [0, 0.1) is 0 Å². The zero-order valence-corrected chi connectivity index (χ0v) is 6.90. The van der Waals surface area contributed by atoms with E-state index < -0.39 is 0 Å². The number of rotatable bonds is 1. The predicted molar refractivity (Wildman–Crippen MR) is 51.6 cm³/mol. The van der Waals surface area contributed by atoms with Gasteiger partial charge in [0.05, 0.1) is 5.71 Å². The highest BCUT2D eigenvalue weighted by molar-refractivity contribution is 6.08. The van der Waals surface area contributed by atoms with Gasteiger partial charge in [-0.25, -0.2) is 0 Å². The lowest BCUT2D eigenvalue weighted by molar-refractivity contribution is 0.994. The van der Waals surface area contributed by atoms with Crippen molar-refractivity contribution in [2.75, 3.05) is 6.54 Å². The van der Waals surface area contributed by atoms with Gasteiger partial charge in [-0.3, -0.25) is 4.99 Å². The lowest BCUT2D eigenvalue weighted by atomic mass is 10.1. The van der Waals surface area contributed by atoms with Gasteiger partial charge in [-0.15, -0.1) is 0 Å². The first-order chi connectivity index (χ1) is 5.97. The zero-order valence-electron chi connectivity index (χ0n) is 6.90. The summed E-state index contributed by atoms with van der Waals surface area (Å²) < 4.78 is 0. The van der Waals surface area contributed by atoms with Gasteiger partial charge in [0, 0.05) is 6.54 Å². The second kappa shape index (κ2) is 3.35. The molecule has 12 heavy (non-hydrogen) atoms. The molecule has 0 saturated carbocycles. The van der Waals surface area contributed by atoms with E-state index in [0.717, 1.165) is 18.7 Å². The Morgan fingerprint density at radius 3 is 2.58 bits per heavy atom. The molecule has 1 nitrogen and oxygen atoms in total. The first-order valence-electron chi connectivity index (χ1n) is 4.23. The van der Waals surface area contributed by atoms with Crippen molar-refractivity contribution in [3.8, 4) is 0 Å². The lowest BCUT2D eigenvalue weighted by Gasteiger charge is -2.04. The molecule has 0 unspecified atom stereocenters. The fourth-order valence-electron chi connectivity index (χ4n) is 1.30. The molecule has 0 N–H and O–H groups in total. The topological polar surface area (TPSA) is 12.4 Å². The highest BCUT2D eigenvalue weighted by Crippen LogP contribution is 2.06. The zero-order chi connectivity index (χ0) is 8.23. The predicted octanol–water partition coefficient (Wildman–Crippen LogP) is 2.44. The molecule has 0 amide bonds. The summed E-state index contributed by atoms with van der Waals surface area (Å²) >= 11 is 0. The maximum Gasteiger partial charge on any atom is 0.0643 e. The van der Waals surface area contributed by atoms with Crippen molar-refractivity contribution in [2.24, 2.45) is 4.99 Å². The third-order valence-corrected chi connectivity index (χ3v) is 1.92. The number of hydrogen-bond acceptors (Lipinski definition) is 1. The van der Waals surface area contributed by atoms with Gasteiger partial charge >= 0.3 is 0 Å². The van der Waals surface area contributed by atoms with Crippen molar-refractivity contribution >= 4 is 5.71 Å². The van der Waals surface area contributed by atoms with Crippen LogP contribution in [-0.4, -0.2) is 12.3 Å². The van der Waals surface area contributed by atoms with Crippen LogP contribution >= 0.6 is 0 Å². The van der Waals surface area contributed by atoms with Crippen molar-refractivity contribution in [3.05, 3.63) is 48.0 Å². The van der Waals surface area contributed by atoms with E-state index in [0.29, 0.717) is 0 Å². The Bertz CT molecular complexity index is 309. The van der Waals surface area contributed by atoms with Crippen molar-refractivity contribution in [1.29, 1.82) is 0 Å². The van der Waals surface area contributed by atoms with Crippen molar-refractivity contribution in [2.45, 2.75) is 6.42 Å². The summed E-state index contributed by atoms with van der Waals surface area (Å²) in [6.07, 6.45) is 5.35. The van der Waals surface area contributed by atoms with E-state index in [1.54, 1.807) is 0 Å². The van der Waals surface area contributed by atoms with Crippen LogP contribution in [0.15, 0.2) is 47.5 Å². The third-order valence-electron chi connectivity index (χ3n) is 1.92. The molecule has 0 saturated heterocycles. The molecule has 1 aliphatic rings. The Morgan fingerprint density at radius 2 is 1.92 bits per heavy atom. The summed E-state index contributed by atoms with van der Waals surface area (Å²) in [7, 11) is 0. The molecule has 60 valence electrons. The molecule has 0 bridgehead atoms. The normalized spacial score (nSPS) is 15.8. The smallest absolute Gasteiger partial charge is 0.0643 e. The van der Waals surface area contributed by atoms with E-state index in [1.807, 2.05) is 18.2 Å². The molecule has 1 heterocycles. The number of dihydropyridines is 1. The van der Waals surface area contributed by atoms with Crippen LogP contribution in [0.25, 0.3) is 0 Å². The average Bonchev–Trinajstić information content (AvgIpc) is 2.21. The summed E-state index contributed by atoms with van der Waals surface area (Å²) in [5, 5.41) is 0. The van der Waals surface area contributed by atoms with Crippen molar-refractivity contribution in [1.82, 2.24) is 0 Å². The second-order valence-corrected chi connectivity index (χ2v) is 2.82. The van der Waals surface area contributed by atoms with Crippen molar-refractivity contribution < 1.29 is 0 Å². The van der Waals surface area contributed by atoms with Gasteiger partial charge in [-0.1, -0.05) is 36.4 Å². The quantitative estimate of drug-likeness (QED) is 0.593. The van der Waals surface area contributed by atoms with Gasteiger partial charge in [0.2, 0.25) is 0 Å². The van der Waals surface area contributed by atoms with Gasteiger partial charge in [-0.05, 0) is 18.1 Å². The van der Waals surface area contributed by atoms with E-state index >= 15 is 0 Å². The maximum absolute atomic E-state index is 4.43. The molecule has 0 aliphatic carbocycles. The summed E-state index contributed by atoms with van der Waals surface area (Å²) in [4.78, 5) is 4.43. The van der Waals surface area contributed by atoms with Crippen LogP contribution in [-0.2, 0) is 0 Å². The second-order valence-electron chi connectivity index (χ2n) is 2.82. The number of benzene rings is 1. The minimum absolute atomic E-state index is 0.931. The minimum Gasteiger partial charge on any atom is -0.284 e. The first kappa shape index (κ1) is 7.29. The average molecular weight is 157 g/mol. The molecule has 1 aromatic carbocycles. The molecule has 0 radical (unpaired) electrons. The fraction of sp³-hybridized carbons (Fsp3) is 0.182. The third kappa shape index (κ3) is 1.45. The van der Waals surface area contributed by atoms with Crippen LogP contribution < -0.4 is 0 Å². The van der Waals surface area contributed by atoms with Gasteiger partial charge in [0.15, 0.2) is 0 Å². The van der Waals surface area contributed by atoms with E-state index in [4.69, 9.17) is 0 Å². The molecule has 0 atom stereocenters. The monoisotopic (exact) mass is 157 g/mol. The molecule has 1 aliphatic heterocycles. The Balaban J connectivity index is 2.31. The number of aliphatic imine (C=N–C) groups is 1. The Morgan fingerprint density at radius 1 is 1.08 bits per heavy atom. The first-order valence-corrected chi connectivity index (χ1v) is 4.23. The summed E-state index contributed by atoms with van der Waals surface area (Å²) in [6.45, 7) is 0.931. The molecular weight excluding hydrogens is 146 g/mol. The van der Waals surface area contributed by atoms with E-state index in [-0.39, 0.29) is 0 Å². The van der Waals surface area contributed by atoms with E-state index in [9.17, 15) is 0 Å². The molecule has 1 heteroatoms. The Hall–Kier alpha value is -1.37. The van der Waals surface area contributed by atoms with Gasteiger partial charge in [0.25, 0.3) is 0 Å². The number of nitrogens with zero attached hydrogens (tertiary/aromatic N) is 1. The van der Waals surface area contributed by atoms with Crippen LogP contribution in [0.5, 0.6) is 0 Å². The summed E-state index contributed by atoms with van der Waals surface area (Å²) in [6, 6.07) is 10.3. The Labute approximate surface area is 72.5 Å². The van der Waals surface area contributed by atoms with Crippen molar-refractivity contribution in [3.63, 3.8) is 0 Å². The molecule has 0 fully saturated rings. The SMILES string of the molecule is C1=CC(c2ccccc2)=NCC1. The van der Waals surface area contributed by atoms with Gasteiger partial charge in [0.1, 0.15) is 0 Å². The van der Waals surface area contributed by atoms with Gasteiger partial charge in [-0.2, -0.15) is 0 Å². The molecule has 1 aromatic rings. The number of allylic oxidation sites excluding steroid dienone is 1. The molecule has 2 rings (SSSR count). The van der Waals surface area contributed by atoms with Crippen LogP contribution in [0.2, 0.25) is 0 Å². The molecule has 0 spiro atoms. The van der Waals surface area contributed by atoms with E-state index in [2.05, 4.69) is 29.3 Å². The summed E-state index contributed by atoms with van der Waals surface area (Å²) in [5.74, 6) is 0. The van der Waals surface area contributed by atoms with Crippen LogP contribution in [0.1, 0.15) is 12.0 Å². The Kier molecular flexibility index (Phi) is 2.04. The minimum atomic E-state index is 0.931. The van der Waals surface area contributed by atoms with E-state index in [1.165, 1.54) is 5.56 Å². The standard InChI is InChI=1S/C11H11N/c1-2-6-10(7-3-1)11-8-4-5-9-12-11/h1-4,6-8H,5,9H2. The largest absolute Gasteiger partial charge is 0.284 e. The highest BCUT2D eigenvalue weighted by atomic mass is 14.7. The number of hydrogen-bond donors (Lipinski definition) is 0. The highest BCUT2D eigenvalue weighted by Gasteiger charge is 2.00. The fourth-order valence-corrected chi connectivity index (χ4v) is 1.30. The molecule has 0 aromatic heterocycles. The molecular formula is C11H11N. The lowest BCUT2D eigenvalue weighted by Crippen LogP contribution is -2.01. The van der Waals surface area contributed by atoms with Crippen LogP contribution in [0.4, 0.5) is 0 Å². The summed E-state index contributed by atoms with van der Waals surface area (Å²) in [5.41, 5.74) is 2.33. The van der Waals surface area contributed by atoms with Gasteiger partial charge < -0.3 is 0 Å². The maximum atomic E-state index is 4.43. The van der Waals surface area contributed by atoms with Crippen LogP contribution in [0.3, 0.4) is 0 Å².